The molecule has 3 aromatic rings. The van der Waals surface area contributed by atoms with E-state index in [-0.39, 0.29) is 18.7 Å². The van der Waals surface area contributed by atoms with Gasteiger partial charge in [0.25, 0.3) is 5.56 Å². The van der Waals surface area contributed by atoms with Gasteiger partial charge in [-0.1, -0.05) is 17.4 Å². The van der Waals surface area contributed by atoms with Gasteiger partial charge in [-0.25, -0.2) is 9.78 Å². The van der Waals surface area contributed by atoms with Crippen molar-refractivity contribution in [2.45, 2.75) is 13.5 Å². The van der Waals surface area contributed by atoms with Crippen molar-refractivity contribution in [1.82, 2.24) is 14.5 Å². The molecule has 0 saturated carbocycles. The molecule has 0 spiro atoms. The van der Waals surface area contributed by atoms with Crippen molar-refractivity contribution < 1.29 is 19.1 Å². The van der Waals surface area contributed by atoms with E-state index in [0.717, 1.165) is 5.13 Å². The number of nitrogens with one attached hydrogen (secondary N) is 1. The highest BCUT2D eigenvalue weighted by atomic mass is 32.1. The van der Waals surface area contributed by atoms with E-state index in [1.807, 2.05) is 0 Å². The van der Waals surface area contributed by atoms with E-state index in [1.54, 1.807) is 25.1 Å². The minimum Gasteiger partial charge on any atom is -0.462 e. The second kappa shape index (κ2) is 9.23. The predicted octanol–water partition coefficient (Wildman–Crippen LogP) is 1.50. The van der Waals surface area contributed by atoms with Crippen molar-refractivity contribution in [3.05, 3.63) is 46.5 Å². The molecule has 1 saturated heterocycles. The summed E-state index contributed by atoms with van der Waals surface area (Å²) in [4.78, 5) is 47.9. The molecule has 1 fully saturated rings. The van der Waals surface area contributed by atoms with Crippen molar-refractivity contribution in [2.24, 2.45) is 0 Å². The number of carbonyl (C=O) groups excluding carboxylic acids is 2. The first kappa shape index (κ1) is 20.9. The Labute approximate surface area is 181 Å². The summed E-state index contributed by atoms with van der Waals surface area (Å²) in [5.41, 5.74) is 0.818. The third-order valence-electron chi connectivity index (χ3n) is 4.63. The van der Waals surface area contributed by atoms with E-state index >= 15 is 0 Å². The molecule has 162 valence electrons. The lowest BCUT2D eigenvalue weighted by Gasteiger charge is -2.25. The zero-order valence-electron chi connectivity index (χ0n) is 16.9. The Morgan fingerprint density at radius 1 is 1.29 bits per heavy atom. The molecule has 4 rings (SSSR count). The summed E-state index contributed by atoms with van der Waals surface area (Å²) in [5.74, 6) is -0.882. The molecule has 1 amide bonds. The number of anilines is 2. The summed E-state index contributed by atoms with van der Waals surface area (Å²) in [7, 11) is 0. The Hall–Kier alpha value is -3.31. The van der Waals surface area contributed by atoms with Gasteiger partial charge < -0.3 is 19.7 Å². The third-order valence-corrected chi connectivity index (χ3v) is 5.72. The zero-order valence-corrected chi connectivity index (χ0v) is 17.7. The molecule has 0 bridgehead atoms. The first-order valence-electron chi connectivity index (χ1n) is 9.81. The van der Waals surface area contributed by atoms with E-state index < -0.39 is 11.9 Å². The topological polar surface area (TPSA) is 116 Å². The molecule has 0 unspecified atom stereocenters. The fourth-order valence-electron chi connectivity index (χ4n) is 3.13. The van der Waals surface area contributed by atoms with E-state index in [9.17, 15) is 14.4 Å². The summed E-state index contributed by atoms with van der Waals surface area (Å²) in [6.45, 7) is 4.42. The van der Waals surface area contributed by atoms with Crippen molar-refractivity contribution in [1.29, 1.82) is 0 Å². The number of thiazole rings is 1. The number of hydrogen-bond acceptors (Lipinski definition) is 9. The van der Waals surface area contributed by atoms with Gasteiger partial charge in [0.05, 0.1) is 25.4 Å². The highest BCUT2D eigenvalue weighted by molar-refractivity contribution is 7.22. The average Bonchev–Trinajstić information content (AvgIpc) is 3.22. The van der Waals surface area contributed by atoms with Gasteiger partial charge in [0.15, 0.2) is 10.8 Å². The first-order valence-corrected chi connectivity index (χ1v) is 10.6. The van der Waals surface area contributed by atoms with Crippen LogP contribution in [0.5, 0.6) is 0 Å². The number of morpholine rings is 1. The van der Waals surface area contributed by atoms with E-state index in [2.05, 4.69) is 20.2 Å². The van der Waals surface area contributed by atoms with Crippen LogP contribution in [0.4, 0.5) is 10.8 Å². The Morgan fingerprint density at radius 2 is 2.10 bits per heavy atom. The number of aromatic nitrogens is 3. The molecular weight excluding hydrogens is 422 g/mol. The number of ether oxygens (including phenoxy) is 2. The maximum atomic E-state index is 12.8. The molecule has 1 aromatic carbocycles. The van der Waals surface area contributed by atoms with Crippen LogP contribution >= 0.6 is 11.3 Å². The van der Waals surface area contributed by atoms with Crippen LogP contribution in [0.2, 0.25) is 0 Å². The predicted molar refractivity (Wildman–Crippen MR) is 116 cm³/mol. The normalized spacial score (nSPS) is 13.9. The zero-order chi connectivity index (χ0) is 21.8. The van der Waals surface area contributed by atoms with Gasteiger partial charge in [0, 0.05) is 18.8 Å². The van der Waals surface area contributed by atoms with Crippen molar-refractivity contribution >= 4 is 44.4 Å². The van der Waals surface area contributed by atoms with Gasteiger partial charge in [-0.05, 0) is 25.1 Å². The lowest BCUT2D eigenvalue weighted by Crippen LogP contribution is -2.36. The number of amides is 1. The van der Waals surface area contributed by atoms with Crippen molar-refractivity contribution in [2.75, 3.05) is 43.1 Å². The summed E-state index contributed by atoms with van der Waals surface area (Å²) >= 11 is 1.27. The van der Waals surface area contributed by atoms with Gasteiger partial charge in [-0.2, -0.15) is 4.98 Å². The van der Waals surface area contributed by atoms with E-state index in [1.165, 1.54) is 28.3 Å². The summed E-state index contributed by atoms with van der Waals surface area (Å²) in [6, 6.07) is 6.43. The second-order valence-corrected chi connectivity index (χ2v) is 7.75. The average molecular weight is 443 g/mol. The maximum Gasteiger partial charge on any atom is 0.338 e. The highest BCUT2D eigenvalue weighted by Crippen LogP contribution is 2.25. The highest BCUT2D eigenvalue weighted by Gasteiger charge is 2.18. The number of nitrogens with zero attached hydrogens (tertiary/aromatic N) is 4. The molecule has 10 nitrogen and oxygen atoms in total. The summed E-state index contributed by atoms with van der Waals surface area (Å²) in [6.07, 6.45) is 1.32. The van der Waals surface area contributed by atoms with E-state index in [0.29, 0.717) is 47.9 Å². The number of rotatable bonds is 6. The largest absolute Gasteiger partial charge is 0.462 e. The Balaban J connectivity index is 1.48. The molecule has 1 aliphatic rings. The smallest absolute Gasteiger partial charge is 0.338 e. The van der Waals surface area contributed by atoms with Crippen LogP contribution in [-0.4, -0.2) is 59.3 Å². The SMILES string of the molecule is CCOC(=O)c1cccc(NC(=O)Cn2cnc3nc(N4CCOCC4)sc3c2=O)c1. The third kappa shape index (κ3) is 4.72. The van der Waals surface area contributed by atoms with Crippen LogP contribution in [-0.2, 0) is 20.8 Å². The summed E-state index contributed by atoms with van der Waals surface area (Å²) < 4.78 is 12.0. The molecule has 1 aliphatic heterocycles. The molecule has 11 heteroatoms. The second-order valence-electron chi connectivity index (χ2n) is 6.78. The monoisotopic (exact) mass is 443 g/mol. The maximum absolute atomic E-state index is 12.8. The van der Waals surface area contributed by atoms with E-state index in [4.69, 9.17) is 9.47 Å². The number of hydrogen-bond donors (Lipinski definition) is 1. The molecule has 3 heterocycles. The molecule has 31 heavy (non-hydrogen) atoms. The lowest BCUT2D eigenvalue weighted by molar-refractivity contribution is -0.116. The minimum absolute atomic E-state index is 0.212. The molecular formula is C20H21N5O5S. The van der Waals surface area contributed by atoms with Crippen LogP contribution < -0.4 is 15.8 Å². The van der Waals surface area contributed by atoms with Crippen LogP contribution in [0.3, 0.4) is 0 Å². The molecule has 0 aliphatic carbocycles. The standard InChI is InChI=1S/C20H21N5O5S/c1-2-30-19(28)13-4-3-5-14(10-13)22-15(26)11-25-12-21-17-16(18(25)27)31-20(23-17)24-6-8-29-9-7-24/h3-5,10,12H,2,6-9,11H2,1H3,(H,22,26). The Morgan fingerprint density at radius 3 is 2.87 bits per heavy atom. The number of benzene rings is 1. The number of carbonyl (C=O) groups is 2. The van der Waals surface area contributed by atoms with Gasteiger partial charge in [0.2, 0.25) is 5.91 Å². The fraction of sp³-hybridized carbons (Fsp3) is 0.350. The van der Waals surface area contributed by atoms with Crippen LogP contribution in [0, 0.1) is 0 Å². The number of fused-ring (bicyclic) bond motifs is 1. The molecule has 0 radical (unpaired) electrons. The van der Waals surface area contributed by atoms with Gasteiger partial charge in [-0.3, -0.25) is 14.2 Å². The molecule has 1 N–H and O–H groups in total. The summed E-state index contributed by atoms with van der Waals surface area (Å²) in [5, 5.41) is 3.41. The van der Waals surface area contributed by atoms with Gasteiger partial charge in [0.1, 0.15) is 17.6 Å². The van der Waals surface area contributed by atoms with Crippen LogP contribution in [0.1, 0.15) is 17.3 Å². The Bertz CT molecular complexity index is 1170. The molecule has 0 atom stereocenters. The minimum atomic E-state index is -0.467. The quantitative estimate of drug-likeness (QED) is 0.570. The van der Waals surface area contributed by atoms with Gasteiger partial charge in [-0.15, -0.1) is 0 Å². The fourth-order valence-corrected chi connectivity index (χ4v) is 4.15. The molecule has 2 aromatic heterocycles. The lowest BCUT2D eigenvalue weighted by atomic mass is 10.2. The Kier molecular flexibility index (Phi) is 6.23. The van der Waals surface area contributed by atoms with Crippen molar-refractivity contribution in [3.8, 4) is 0 Å². The van der Waals surface area contributed by atoms with Crippen LogP contribution in [0.25, 0.3) is 10.3 Å². The van der Waals surface area contributed by atoms with Crippen LogP contribution in [0.15, 0.2) is 35.4 Å². The van der Waals surface area contributed by atoms with Crippen molar-refractivity contribution in [3.63, 3.8) is 0 Å². The van der Waals surface area contributed by atoms with Gasteiger partial charge >= 0.3 is 5.97 Å². The number of esters is 1. The first-order chi connectivity index (χ1) is 15.0.